The van der Waals surface area contributed by atoms with E-state index in [1.54, 1.807) is 0 Å². The second kappa shape index (κ2) is 17.4. The largest absolute Gasteiger partial charge is 0.494 e. The molecule has 0 aromatic heterocycles. The Morgan fingerprint density at radius 2 is 1.48 bits per heavy atom. The van der Waals surface area contributed by atoms with Gasteiger partial charge in [-0.1, -0.05) is 73.2 Å². The number of benzene rings is 3. The first-order valence-electron chi connectivity index (χ1n) is 15.9. The zero-order valence-electron chi connectivity index (χ0n) is 25.0. The lowest BCUT2D eigenvalue weighted by Crippen LogP contribution is -2.40. The first-order chi connectivity index (χ1) is 20.8. The molecule has 42 heavy (non-hydrogen) atoms. The SMILES string of the molecule is c1ccc(COCCCOc2ccc(C3CCNCC3OCc3cccc(COCCC4CCCCN4)c3)cc2)cc1. The third kappa shape index (κ3) is 10.2. The van der Waals surface area contributed by atoms with E-state index in [-0.39, 0.29) is 6.10 Å². The summed E-state index contributed by atoms with van der Waals surface area (Å²) in [5, 5.41) is 7.12. The first-order valence-corrected chi connectivity index (χ1v) is 15.9. The van der Waals surface area contributed by atoms with Crippen molar-refractivity contribution in [3.8, 4) is 5.75 Å². The van der Waals surface area contributed by atoms with Gasteiger partial charge < -0.3 is 29.6 Å². The molecule has 0 bridgehead atoms. The fourth-order valence-corrected chi connectivity index (χ4v) is 5.91. The minimum absolute atomic E-state index is 0.134. The summed E-state index contributed by atoms with van der Waals surface area (Å²) in [7, 11) is 0. The fraction of sp³-hybridized carbons (Fsp3) is 0.500. The molecule has 6 heteroatoms. The van der Waals surface area contributed by atoms with Gasteiger partial charge in [0, 0.05) is 31.5 Å². The molecule has 6 nitrogen and oxygen atoms in total. The number of piperidine rings is 2. The Balaban J connectivity index is 1.02. The van der Waals surface area contributed by atoms with Crippen molar-refractivity contribution < 1.29 is 18.9 Å². The maximum Gasteiger partial charge on any atom is 0.119 e. The highest BCUT2D eigenvalue weighted by molar-refractivity contribution is 5.31. The van der Waals surface area contributed by atoms with Crippen molar-refractivity contribution >= 4 is 0 Å². The highest BCUT2D eigenvalue weighted by Crippen LogP contribution is 2.30. The number of nitrogens with one attached hydrogen (secondary N) is 2. The van der Waals surface area contributed by atoms with Gasteiger partial charge in [-0.3, -0.25) is 0 Å². The van der Waals surface area contributed by atoms with Gasteiger partial charge in [0.1, 0.15) is 5.75 Å². The van der Waals surface area contributed by atoms with Crippen LogP contribution in [0.25, 0.3) is 0 Å². The van der Waals surface area contributed by atoms with E-state index in [4.69, 9.17) is 18.9 Å². The maximum absolute atomic E-state index is 6.50. The van der Waals surface area contributed by atoms with Crippen LogP contribution in [0.15, 0.2) is 78.9 Å². The maximum atomic E-state index is 6.50. The molecule has 0 spiro atoms. The van der Waals surface area contributed by atoms with Gasteiger partial charge in [0.2, 0.25) is 0 Å². The minimum Gasteiger partial charge on any atom is -0.494 e. The molecule has 2 saturated heterocycles. The lowest BCUT2D eigenvalue weighted by Gasteiger charge is -2.32. The summed E-state index contributed by atoms with van der Waals surface area (Å²) < 4.78 is 24.2. The molecule has 3 unspecified atom stereocenters. The summed E-state index contributed by atoms with van der Waals surface area (Å²) in [6, 6.07) is 28.1. The molecule has 2 N–H and O–H groups in total. The van der Waals surface area contributed by atoms with Gasteiger partial charge in [-0.25, -0.2) is 0 Å². The van der Waals surface area contributed by atoms with Gasteiger partial charge in [0.05, 0.1) is 39.1 Å². The summed E-state index contributed by atoms with van der Waals surface area (Å²) in [5.74, 6) is 1.27. The summed E-state index contributed by atoms with van der Waals surface area (Å²) in [6.45, 7) is 7.08. The van der Waals surface area contributed by atoms with Gasteiger partial charge in [-0.05, 0) is 73.2 Å². The van der Waals surface area contributed by atoms with Crippen molar-refractivity contribution in [2.45, 2.75) is 76.4 Å². The van der Waals surface area contributed by atoms with Crippen LogP contribution in [0.1, 0.15) is 66.7 Å². The van der Waals surface area contributed by atoms with E-state index in [1.807, 2.05) is 18.2 Å². The van der Waals surface area contributed by atoms with Crippen LogP contribution in [0, 0.1) is 0 Å². The fourth-order valence-electron chi connectivity index (χ4n) is 5.91. The zero-order chi connectivity index (χ0) is 28.7. The number of rotatable bonds is 16. The lowest BCUT2D eigenvalue weighted by molar-refractivity contribution is 0.0105. The molecule has 3 aromatic carbocycles. The zero-order valence-corrected chi connectivity index (χ0v) is 25.0. The second-order valence-corrected chi connectivity index (χ2v) is 11.6. The Hall–Kier alpha value is -2.74. The van der Waals surface area contributed by atoms with E-state index in [0.717, 1.165) is 51.3 Å². The van der Waals surface area contributed by atoms with Crippen molar-refractivity contribution in [1.29, 1.82) is 0 Å². The quantitative estimate of drug-likeness (QED) is 0.194. The van der Waals surface area contributed by atoms with E-state index >= 15 is 0 Å². The van der Waals surface area contributed by atoms with E-state index in [2.05, 4.69) is 71.3 Å². The van der Waals surface area contributed by atoms with Crippen molar-refractivity contribution in [2.24, 2.45) is 0 Å². The molecule has 0 saturated carbocycles. The molecule has 5 rings (SSSR count). The molecular formula is C36H48N2O4. The third-order valence-corrected chi connectivity index (χ3v) is 8.30. The summed E-state index contributed by atoms with van der Waals surface area (Å²) >= 11 is 0. The molecule has 2 aliphatic heterocycles. The van der Waals surface area contributed by atoms with Crippen LogP contribution in [0.3, 0.4) is 0 Å². The third-order valence-electron chi connectivity index (χ3n) is 8.30. The molecule has 0 radical (unpaired) electrons. The Bertz CT molecular complexity index is 1150. The van der Waals surface area contributed by atoms with E-state index in [9.17, 15) is 0 Å². The van der Waals surface area contributed by atoms with Crippen molar-refractivity contribution in [2.75, 3.05) is 39.5 Å². The van der Waals surface area contributed by atoms with Crippen molar-refractivity contribution in [3.63, 3.8) is 0 Å². The van der Waals surface area contributed by atoms with Gasteiger partial charge >= 0.3 is 0 Å². The summed E-state index contributed by atoms with van der Waals surface area (Å²) in [5.41, 5.74) is 4.93. The smallest absolute Gasteiger partial charge is 0.119 e. The Morgan fingerprint density at radius 1 is 0.690 bits per heavy atom. The number of hydrogen-bond acceptors (Lipinski definition) is 6. The molecule has 2 aliphatic rings. The molecule has 3 atom stereocenters. The van der Waals surface area contributed by atoms with E-state index < -0.39 is 0 Å². The molecule has 0 amide bonds. The lowest BCUT2D eigenvalue weighted by atomic mass is 9.87. The van der Waals surface area contributed by atoms with Gasteiger partial charge in [-0.2, -0.15) is 0 Å². The average Bonchev–Trinajstić information content (AvgIpc) is 3.05. The molecule has 0 aliphatic carbocycles. The summed E-state index contributed by atoms with van der Waals surface area (Å²) in [6.07, 6.45) is 7.07. The molecule has 2 heterocycles. The Morgan fingerprint density at radius 3 is 2.31 bits per heavy atom. The minimum atomic E-state index is 0.134. The number of hydrogen-bond donors (Lipinski definition) is 2. The highest BCUT2D eigenvalue weighted by Gasteiger charge is 2.27. The van der Waals surface area contributed by atoms with Crippen LogP contribution < -0.4 is 15.4 Å². The van der Waals surface area contributed by atoms with Gasteiger partial charge in [-0.15, -0.1) is 0 Å². The molecule has 2 fully saturated rings. The predicted molar refractivity (Wildman–Crippen MR) is 168 cm³/mol. The first kappa shape index (κ1) is 30.7. The van der Waals surface area contributed by atoms with Crippen molar-refractivity contribution in [3.05, 3.63) is 101 Å². The van der Waals surface area contributed by atoms with Gasteiger partial charge in [0.25, 0.3) is 0 Å². The molecule has 226 valence electrons. The van der Waals surface area contributed by atoms with Crippen LogP contribution in [0.2, 0.25) is 0 Å². The topological polar surface area (TPSA) is 61.0 Å². The normalized spacial score (nSPS) is 20.8. The average molecular weight is 573 g/mol. The highest BCUT2D eigenvalue weighted by atomic mass is 16.5. The number of ether oxygens (including phenoxy) is 4. The monoisotopic (exact) mass is 572 g/mol. The Labute approximate surface area is 252 Å². The molecular weight excluding hydrogens is 524 g/mol. The van der Waals surface area contributed by atoms with Gasteiger partial charge in [0.15, 0.2) is 0 Å². The van der Waals surface area contributed by atoms with Crippen LogP contribution in [-0.2, 0) is 34.0 Å². The van der Waals surface area contributed by atoms with E-state index in [0.29, 0.717) is 45.0 Å². The van der Waals surface area contributed by atoms with Crippen LogP contribution in [0.4, 0.5) is 0 Å². The van der Waals surface area contributed by atoms with Crippen molar-refractivity contribution in [1.82, 2.24) is 10.6 Å². The second-order valence-electron chi connectivity index (χ2n) is 11.6. The molecule has 3 aromatic rings. The Kier molecular flexibility index (Phi) is 12.7. The van der Waals surface area contributed by atoms with Crippen LogP contribution in [-0.4, -0.2) is 51.6 Å². The van der Waals surface area contributed by atoms with Crippen LogP contribution >= 0.6 is 0 Å². The van der Waals surface area contributed by atoms with Crippen LogP contribution in [0.5, 0.6) is 5.75 Å². The predicted octanol–water partition coefficient (Wildman–Crippen LogP) is 6.38. The van der Waals surface area contributed by atoms with E-state index in [1.165, 1.54) is 41.5 Å². The standard InChI is InChI=1S/C36H48N2O4/c1-2-8-29(9-3-1)26-39-21-7-22-41-34-15-13-32(14-16-34)35-17-20-37-25-36(35)42-28-31-11-6-10-30(24-31)27-40-23-18-33-12-4-5-19-38-33/h1-3,6,8-11,13-16,24,33,35-38H,4-5,7,12,17-23,25-28H2. The summed E-state index contributed by atoms with van der Waals surface area (Å²) in [4.78, 5) is 0.